The molecule has 2 aromatic carbocycles. The second-order valence-corrected chi connectivity index (χ2v) is 6.72. The zero-order valence-corrected chi connectivity index (χ0v) is 15.8. The lowest BCUT2D eigenvalue weighted by Gasteiger charge is -2.38. The number of nitrogens with one attached hydrogen (secondary N) is 1. The summed E-state index contributed by atoms with van der Waals surface area (Å²) in [5, 5.41) is 14.2. The Hall–Kier alpha value is -3.00. The molecule has 1 heterocycles. The number of nitrogens with zero attached hydrogens (tertiary/aromatic N) is 3. The Bertz CT molecular complexity index is 857. The van der Waals surface area contributed by atoms with Crippen LogP contribution in [0.5, 0.6) is 0 Å². The molecule has 1 N–H and O–H groups in total. The summed E-state index contributed by atoms with van der Waals surface area (Å²) in [6, 6.07) is 12.8. The molecule has 7 nitrogen and oxygen atoms in total. The van der Waals surface area contributed by atoms with E-state index >= 15 is 0 Å². The number of guanidine groups is 1. The van der Waals surface area contributed by atoms with Crippen LogP contribution in [0.1, 0.15) is 24.2 Å². The molecule has 0 aromatic heterocycles. The Morgan fingerprint density at radius 1 is 1.32 bits per heavy atom. The maximum absolute atomic E-state index is 13.2. The van der Waals surface area contributed by atoms with E-state index in [4.69, 9.17) is 4.74 Å². The highest BCUT2D eigenvalue weighted by Gasteiger charge is 2.28. The number of nitro groups is 1. The number of non-ortho nitro benzene ring substituents is 1. The first-order valence-electron chi connectivity index (χ1n) is 9.06. The average molecular weight is 386 g/mol. The molecule has 148 valence electrons. The average Bonchev–Trinajstić information content (AvgIpc) is 2.69. The van der Waals surface area contributed by atoms with Crippen LogP contribution >= 0.6 is 0 Å². The molecular formula is C20H23FN4O3. The largest absolute Gasteiger partial charge is 0.367 e. The van der Waals surface area contributed by atoms with E-state index in [1.807, 2.05) is 13.0 Å². The molecule has 0 amide bonds. The van der Waals surface area contributed by atoms with E-state index in [-0.39, 0.29) is 23.7 Å². The number of rotatable bonds is 4. The van der Waals surface area contributed by atoms with Crippen molar-refractivity contribution in [2.75, 3.05) is 20.1 Å². The Kier molecular flexibility index (Phi) is 6.20. The van der Waals surface area contributed by atoms with Crippen molar-refractivity contribution in [3.63, 3.8) is 0 Å². The van der Waals surface area contributed by atoms with E-state index in [2.05, 4.69) is 15.2 Å². The number of hydrogen-bond donors (Lipinski definition) is 1. The third-order valence-electron chi connectivity index (χ3n) is 4.59. The lowest BCUT2D eigenvalue weighted by molar-refractivity contribution is -0.384. The molecule has 2 aromatic rings. The van der Waals surface area contributed by atoms with E-state index in [1.54, 1.807) is 31.3 Å². The van der Waals surface area contributed by atoms with Gasteiger partial charge in [-0.1, -0.05) is 24.3 Å². The summed E-state index contributed by atoms with van der Waals surface area (Å²) in [7, 11) is 1.70. The summed E-state index contributed by atoms with van der Waals surface area (Å²) in [5.41, 5.74) is 1.77. The first-order valence-corrected chi connectivity index (χ1v) is 9.06. The highest BCUT2D eigenvalue weighted by atomic mass is 19.1. The Labute approximate surface area is 163 Å². The molecule has 28 heavy (non-hydrogen) atoms. The minimum absolute atomic E-state index is 0.0276. The summed E-state index contributed by atoms with van der Waals surface area (Å²) >= 11 is 0. The van der Waals surface area contributed by atoms with Gasteiger partial charge < -0.3 is 15.0 Å². The predicted octanol–water partition coefficient (Wildman–Crippen LogP) is 3.27. The van der Waals surface area contributed by atoms with Gasteiger partial charge in [0.2, 0.25) is 0 Å². The van der Waals surface area contributed by atoms with Crippen molar-refractivity contribution in [1.29, 1.82) is 0 Å². The van der Waals surface area contributed by atoms with Gasteiger partial charge in [-0.3, -0.25) is 15.1 Å². The normalized spacial score (nSPS) is 20.1. The molecule has 0 spiro atoms. The monoisotopic (exact) mass is 386 g/mol. The standard InChI is InChI=1S/C20H23FN4O3/c1-14-12-24(13-19(28-14)16-6-8-17(21)9-7-16)20(22-2)23-11-15-4-3-5-18(10-15)25(26)27/h3-10,14,19H,11-13H2,1-2H3,(H,22,23). The third-order valence-corrected chi connectivity index (χ3v) is 4.59. The van der Waals surface area contributed by atoms with Crippen LogP contribution in [0.3, 0.4) is 0 Å². The molecule has 1 aliphatic heterocycles. The number of halogens is 1. The number of benzene rings is 2. The van der Waals surface area contributed by atoms with Gasteiger partial charge in [0, 0.05) is 32.3 Å². The molecule has 0 saturated carbocycles. The quantitative estimate of drug-likeness (QED) is 0.378. The fourth-order valence-electron chi connectivity index (χ4n) is 3.28. The van der Waals surface area contributed by atoms with Crippen molar-refractivity contribution >= 4 is 11.6 Å². The molecule has 1 saturated heterocycles. The Morgan fingerprint density at radius 3 is 2.75 bits per heavy atom. The van der Waals surface area contributed by atoms with Crippen LogP contribution < -0.4 is 5.32 Å². The van der Waals surface area contributed by atoms with E-state index in [9.17, 15) is 14.5 Å². The number of hydrogen-bond acceptors (Lipinski definition) is 4. The number of aliphatic imine (C=N–C) groups is 1. The van der Waals surface area contributed by atoms with Crippen LogP contribution in [0.4, 0.5) is 10.1 Å². The molecule has 0 bridgehead atoms. The fraction of sp³-hybridized carbons (Fsp3) is 0.350. The number of morpholine rings is 1. The van der Waals surface area contributed by atoms with Gasteiger partial charge >= 0.3 is 0 Å². The van der Waals surface area contributed by atoms with Crippen LogP contribution in [0.2, 0.25) is 0 Å². The predicted molar refractivity (Wildman–Crippen MR) is 105 cm³/mol. The summed E-state index contributed by atoms with van der Waals surface area (Å²) in [6.07, 6.45) is -0.221. The number of ether oxygens (including phenoxy) is 1. The van der Waals surface area contributed by atoms with Crippen molar-refractivity contribution in [3.8, 4) is 0 Å². The second-order valence-electron chi connectivity index (χ2n) is 6.72. The highest BCUT2D eigenvalue weighted by Crippen LogP contribution is 2.25. The molecular weight excluding hydrogens is 363 g/mol. The molecule has 0 radical (unpaired) electrons. The smallest absolute Gasteiger partial charge is 0.269 e. The van der Waals surface area contributed by atoms with E-state index < -0.39 is 4.92 Å². The van der Waals surface area contributed by atoms with Gasteiger partial charge in [-0.2, -0.15) is 0 Å². The minimum atomic E-state index is -0.407. The van der Waals surface area contributed by atoms with E-state index in [0.717, 1.165) is 11.1 Å². The Morgan fingerprint density at radius 2 is 2.07 bits per heavy atom. The van der Waals surface area contributed by atoms with Crippen LogP contribution in [-0.2, 0) is 11.3 Å². The molecule has 0 aliphatic carbocycles. The van der Waals surface area contributed by atoms with Crippen LogP contribution in [0, 0.1) is 15.9 Å². The lowest BCUT2D eigenvalue weighted by atomic mass is 10.1. The maximum Gasteiger partial charge on any atom is 0.269 e. The van der Waals surface area contributed by atoms with Crippen molar-refractivity contribution < 1.29 is 14.1 Å². The lowest BCUT2D eigenvalue weighted by Crippen LogP contribution is -2.50. The van der Waals surface area contributed by atoms with Crippen LogP contribution in [0.25, 0.3) is 0 Å². The molecule has 8 heteroatoms. The van der Waals surface area contributed by atoms with Crippen molar-refractivity contribution in [1.82, 2.24) is 10.2 Å². The van der Waals surface area contributed by atoms with Crippen LogP contribution in [-0.4, -0.2) is 42.0 Å². The van der Waals surface area contributed by atoms with Crippen molar-refractivity contribution in [2.45, 2.75) is 25.7 Å². The first-order chi connectivity index (χ1) is 13.5. The SMILES string of the molecule is CN=C(NCc1cccc([N+](=O)[O-])c1)N1CC(C)OC(c2ccc(F)cc2)C1. The minimum Gasteiger partial charge on any atom is -0.367 e. The summed E-state index contributed by atoms with van der Waals surface area (Å²) in [6.45, 7) is 3.63. The van der Waals surface area contributed by atoms with Crippen molar-refractivity contribution in [3.05, 3.63) is 75.6 Å². The van der Waals surface area contributed by atoms with Crippen molar-refractivity contribution in [2.24, 2.45) is 4.99 Å². The highest BCUT2D eigenvalue weighted by molar-refractivity contribution is 5.80. The van der Waals surface area contributed by atoms with Gasteiger partial charge in [0.15, 0.2) is 5.96 Å². The van der Waals surface area contributed by atoms with Crippen LogP contribution in [0.15, 0.2) is 53.5 Å². The second kappa shape index (κ2) is 8.79. The maximum atomic E-state index is 13.2. The fourth-order valence-corrected chi connectivity index (χ4v) is 3.28. The summed E-state index contributed by atoms with van der Waals surface area (Å²) < 4.78 is 19.2. The van der Waals surface area contributed by atoms with Gasteiger partial charge in [-0.05, 0) is 30.2 Å². The van der Waals surface area contributed by atoms with Gasteiger partial charge in [0.25, 0.3) is 5.69 Å². The zero-order chi connectivity index (χ0) is 20.1. The summed E-state index contributed by atoms with van der Waals surface area (Å²) in [5.74, 6) is 0.410. The summed E-state index contributed by atoms with van der Waals surface area (Å²) in [4.78, 5) is 17.0. The third kappa shape index (κ3) is 4.83. The van der Waals surface area contributed by atoms with E-state index in [0.29, 0.717) is 25.6 Å². The topological polar surface area (TPSA) is 80.0 Å². The molecule has 1 fully saturated rings. The van der Waals surface area contributed by atoms with Gasteiger partial charge in [-0.25, -0.2) is 4.39 Å². The van der Waals surface area contributed by atoms with Gasteiger partial charge in [-0.15, -0.1) is 0 Å². The molecule has 2 atom stereocenters. The Balaban J connectivity index is 1.68. The molecule has 2 unspecified atom stereocenters. The van der Waals surface area contributed by atoms with Gasteiger partial charge in [0.1, 0.15) is 11.9 Å². The molecule has 1 aliphatic rings. The van der Waals surface area contributed by atoms with E-state index in [1.165, 1.54) is 18.2 Å². The van der Waals surface area contributed by atoms with Gasteiger partial charge in [0.05, 0.1) is 17.6 Å². The number of nitro benzene ring substituents is 1. The molecule has 3 rings (SSSR count). The first kappa shape index (κ1) is 19.8. The zero-order valence-electron chi connectivity index (χ0n) is 15.8.